The van der Waals surface area contributed by atoms with Gasteiger partial charge in [0.15, 0.2) is 6.10 Å². The third kappa shape index (κ3) is 5.47. The molecule has 0 aliphatic carbocycles. The predicted octanol–water partition coefficient (Wildman–Crippen LogP) is 2.39. The summed E-state index contributed by atoms with van der Waals surface area (Å²) in [5, 5.41) is 2.75. The number of carbonyl (C=O) groups excluding carboxylic acids is 1. The minimum absolute atomic E-state index is 0.182. The van der Waals surface area contributed by atoms with Gasteiger partial charge in [0.05, 0.1) is 11.1 Å². The van der Waals surface area contributed by atoms with Gasteiger partial charge in [0.2, 0.25) is 10.0 Å². The van der Waals surface area contributed by atoms with E-state index >= 15 is 0 Å². The Hall–Kier alpha value is -3.50. The van der Waals surface area contributed by atoms with Gasteiger partial charge in [-0.2, -0.15) is 4.31 Å². The highest BCUT2D eigenvalue weighted by Gasteiger charge is 2.29. The molecule has 1 N–H and O–H groups in total. The summed E-state index contributed by atoms with van der Waals surface area (Å²) in [4.78, 5) is 22.9. The molecule has 1 aliphatic heterocycles. The first-order valence-electron chi connectivity index (χ1n) is 10.6. The van der Waals surface area contributed by atoms with Gasteiger partial charge in [0.1, 0.15) is 11.6 Å². The number of nitrogens with zero attached hydrogens (tertiary/aromatic N) is 4. The number of rotatable bonds is 7. The summed E-state index contributed by atoms with van der Waals surface area (Å²) < 4.78 is 33.2. The van der Waals surface area contributed by atoms with Crippen LogP contribution in [0, 0.1) is 0 Å². The number of ether oxygens (including phenoxy) is 1. The Morgan fingerprint density at radius 2 is 1.70 bits per heavy atom. The molecule has 0 saturated carbocycles. The van der Waals surface area contributed by atoms with Crippen LogP contribution < -0.4 is 15.0 Å². The van der Waals surface area contributed by atoms with Crippen LogP contribution in [0.25, 0.3) is 0 Å². The molecule has 1 atom stereocenters. The van der Waals surface area contributed by atoms with Gasteiger partial charge in [-0.1, -0.05) is 18.2 Å². The van der Waals surface area contributed by atoms with E-state index in [2.05, 4.69) is 15.3 Å². The Balaban J connectivity index is 1.34. The minimum atomic E-state index is -3.64. The van der Waals surface area contributed by atoms with Crippen molar-refractivity contribution in [3.8, 4) is 5.75 Å². The number of hydrogen-bond donors (Lipinski definition) is 1. The van der Waals surface area contributed by atoms with Gasteiger partial charge in [0.25, 0.3) is 5.91 Å². The summed E-state index contributed by atoms with van der Waals surface area (Å²) >= 11 is 0. The fourth-order valence-corrected chi connectivity index (χ4v) is 4.89. The lowest BCUT2D eigenvalue weighted by Crippen LogP contribution is -2.48. The molecule has 1 aromatic heterocycles. The van der Waals surface area contributed by atoms with Gasteiger partial charge < -0.3 is 15.0 Å². The quantitative estimate of drug-likeness (QED) is 0.569. The molecule has 0 unspecified atom stereocenters. The third-order valence-electron chi connectivity index (χ3n) is 5.30. The van der Waals surface area contributed by atoms with Gasteiger partial charge in [-0.25, -0.2) is 13.4 Å². The number of anilines is 2. The number of piperazine rings is 1. The highest BCUT2D eigenvalue weighted by atomic mass is 32.2. The fourth-order valence-electron chi connectivity index (χ4n) is 3.47. The average molecular weight is 468 g/mol. The molecular formula is C23H25N5O4S. The van der Waals surface area contributed by atoms with Crippen molar-refractivity contribution in [2.24, 2.45) is 0 Å². The highest BCUT2D eigenvalue weighted by Crippen LogP contribution is 2.21. The zero-order valence-electron chi connectivity index (χ0n) is 18.2. The van der Waals surface area contributed by atoms with Crippen LogP contribution in [-0.4, -0.2) is 60.9 Å². The third-order valence-corrected chi connectivity index (χ3v) is 7.21. The molecule has 4 rings (SSSR count). The average Bonchev–Trinajstić information content (AvgIpc) is 2.85. The van der Waals surface area contributed by atoms with Crippen molar-refractivity contribution in [3.63, 3.8) is 0 Å². The minimum Gasteiger partial charge on any atom is -0.481 e. The van der Waals surface area contributed by atoms with Crippen molar-refractivity contribution in [1.82, 2.24) is 14.3 Å². The van der Waals surface area contributed by atoms with E-state index in [1.807, 2.05) is 23.1 Å². The van der Waals surface area contributed by atoms with Crippen molar-refractivity contribution in [2.75, 3.05) is 36.4 Å². The van der Waals surface area contributed by atoms with Crippen LogP contribution in [0.2, 0.25) is 0 Å². The zero-order valence-corrected chi connectivity index (χ0v) is 19.0. The number of aromatic nitrogens is 2. The maximum Gasteiger partial charge on any atom is 0.265 e. The molecule has 0 spiro atoms. The van der Waals surface area contributed by atoms with Crippen molar-refractivity contribution in [3.05, 3.63) is 73.2 Å². The Morgan fingerprint density at radius 3 is 2.33 bits per heavy atom. The number of sulfonamides is 1. The molecule has 0 radical (unpaired) electrons. The van der Waals surface area contributed by atoms with Crippen molar-refractivity contribution in [1.29, 1.82) is 0 Å². The maximum atomic E-state index is 13.0. The van der Waals surface area contributed by atoms with Crippen molar-refractivity contribution >= 4 is 27.4 Å². The first kappa shape index (κ1) is 22.7. The SMILES string of the molecule is C[C@H](Oc1ccccc1)C(=O)Nc1ccc(S(=O)(=O)N2CCN(c3cnccn3)CC2)cc1. The first-order valence-corrected chi connectivity index (χ1v) is 12.0. The summed E-state index contributed by atoms with van der Waals surface area (Å²) in [6.07, 6.45) is 4.19. The molecule has 2 heterocycles. The topological polar surface area (TPSA) is 105 Å². The second kappa shape index (κ2) is 9.97. The lowest BCUT2D eigenvalue weighted by Gasteiger charge is -2.34. The van der Waals surface area contributed by atoms with E-state index in [1.165, 1.54) is 16.4 Å². The van der Waals surface area contributed by atoms with Crippen LogP contribution in [0.5, 0.6) is 5.75 Å². The van der Waals surface area contributed by atoms with E-state index < -0.39 is 16.1 Å². The molecule has 33 heavy (non-hydrogen) atoms. The number of para-hydroxylation sites is 1. The summed E-state index contributed by atoms with van der Waals surface area (Å²) in [6, 6.07) is 15.2. The fraction of sp³-hybridized carbons (Fsp3) is 0.261. The Bertz CT molecular complexity index is 1170. The monoisotopic (exact) mass is 467 g/mol. The number of carbonyl (C=O) groups is 1. The largest absolute Gasteiger partial charge is 0.481 e. The smallest absolute Gasteiger partial charge is 0.265 e. The van der Waals surface area contributed by atoms with E-state index in [4.69, 9.17) is 4.74 Å². The molecule has 0 bridgehead atoms. The molecule has 1 aliphatic rings. The Kier molecular flexibility index (Phi) is 6.85. The number of nitrogens with one attached hydrogen (secondary N) is 1. The molecule has 172 valence electrons. The lowest BCUT2D eigenvalue weighted by molar-refractivity contribution is -0.122. The highest BCUT2D eigenvalue weighted by molar-refractivity contribution is 7.89. The van der Waals surface area contributed by atoms with E-state index in [1.54, 1.807) is 49.8 Å². The van der Waals surface area contributed by atoms with Crippen molar-refractivity contribution < 1.29 is 17.9 Å². The first-order chi connectivity index (χ1) is 15.9. The summed E-state index contributed by atoms with van der Waals surface area (Å²) in [5.74, 6) is 1.01. The van der Waals surface area contributed by atoms with E-state index in [9.17, 15) is 13.2 Å². The molecule has 9 nitrogen and oxygen atoms in total. The second-order valence-electron chi connectivity index (χ2n) is 7.54. The molecule has 10 heteroatoms. The molecule has 2 aromatic carbocycles. The standard InChI is InChI=1S/C23H25N5O4S/c1-18(32-20-5-3-2-4-6-20)23(29)26-19-7-9-21(10-8-19)33(30,31)28-15-13-27(14-16-28)22-17-24-11-12-25-22/h2-12,17-18H,13-16H2,1H3,(H,26,29)/t18-/m0/s1. The van der Waals surface area contributed by atoms with Crippen LogP contribution in [0.15, 0.2) is 78.1 Å². The van der Waals surface area contributed by atoms with Crippen LogP contribution in [0.4, 0.5) is 11.5 Å². The van der Waals surface area contributed by atoms with Gasteiger partial charge in [-0.3, -0.25) is 9.78 Å². The lowest BCUT2D eigenvalue weighted by atomic mass is 10.3. The predicted molar refractivity (Wildman–Crippen MR) is 125 cm³/mol. The molecule has 1 amide bonds. The van der Waals surface area contributed by atoms with Crippen molar-refractivity contribution in [2.45, 2.75) is 17.9 Å². The number of benzene rings is 2. The van der Waals surface area contributed by atoms with Crippen LogP contribution in [0.3, 0.4) is 0 Å². The van der Waals surface area contributed by atoms with Crippen LogP contribution >= 0.6 is 0 Å². The summed E-state index contributed by atoms with van der Waals surface area (Å²) in [7, 11) is -3.64. The van der Waals surface area contributed by atoms with Gasteiger partial charge in [-0.05, 0) is 43.3 Å². The van der Waals surface area contributed by atoms with Crippen LogP contribution in [0.1, 0.15) is 6.92 Å². The molecular weight excluding hydrogens is 442 g/mol. The van der Waals surface area contributed by atoms with Crippen LogP contribution in [-0.2, 0) is 14.8 Å². The molecule has 3 aromatic rings. The molecule has 1 saturated heterocycles. The van der Waals surface area contributed by atoms with Gasteiger partial charge in [-0.15, -0.1) is 0 Å². The van der Waals surface area contributed by atoms with E-state index in [0.29, 0.717) is 37.6 Å². The normalized spacial score (nSPS) is 15.6. The zero-order chi connectivity index (χ0) is 23.3. The number of hydrogen-bond acceptors (Lipinski definition) is 7. The summed E-state index contributed by atoms with van der Waals surface area (Å²) in [5.41, 5.74) is 0.495. The van der Waals surface area contributed by atoms with E-state index in [0.717, 1.165) is 5.82 Å². The summed E-state index contributed by atoms with van der Waals surface area (Å²) in [6.45, 7) is 3.43. The second-order valence-corrected chi connectivity index (χ2v) is 9.48. The Morgan fingerprint density at radius 1 is 1.00 bits per heavy atom. The van der Waals surface area contributed by atoms with Gasteiger partial charge >= 0.3 is 0 Å². The number of amides is 1. The van der Waals surface area contributed by atoms with Gasteiger partial charge in [0, 0.05) is 44.3 Å². The Labute approximate surface area is 193 Å². The van der Waals surface area contributed by atoms with E-state index in [-0.39, 0.29) is 10.8 Å². The maximum absolute atomic E-state index is 13.0. The molecule has 1 fully saturated rings.